The molecule has 0 unspecified atom stereocenters. The number of hydrogen-bond acceptors (Lipinski definition) is 7. The van der Waals surface area contributed by atoms with E-state index >= 15 is 0 Å². The first kappa shape index (κ1) is 25.1. The van der Waals surface area contributed by atoms with Crippen LogP contribution in [0.15, 0.2) is 37.6 Å². The van der Waals surface area contributed by atoms with Crippen molar-refractivity contribution in [3.05, 3.63) is 50.1 Å². The third-order valence-corrected chi connectivity index (χ3v) is 6.19. The summed E-state index contributed by atoms with van der Waals surface area (Å²) in [4.78, 5) is 24.6. The Labute approximate surface area is 206 Å². The molecule has 0 spiro atoms. The number of aliphatic hydroxyl groups excluding tert-OH is 1. The smallest absolute Gasteiger partial charge is 0.217 e. The monoisotopic (exact) mass is 583 g/mol. The number of aliphatic hydroxyl groups is 1. The highest BCUT2D eigenvalue weighted by molar-refractivity contribution is 9.11. The Kier molecular flexibility index (Phi) is 8.39. The van der Waals surface area contributed by atoms with Crippen LogP contribution in [0.3, 0.4) is 0 Å². The second-order valence-electron chi connectivity index (χ2n) is 7.43. The number of nitrogens with two attached hydrogens (primary N) is 1. The lowest BCUT2D eigenvalue weighted by molar-refractivity contribution is -0.118. The molecule has 176 valence electrons. The lowest BCUT2D eigenvalue weighted by atomic mass is 9.97. The number of benzene rings is 2. The molecule has 0 radical (unpaired) electrons. The van der Waals surface area contributed by atoms with Gasteiger partial charge in [0.2, 0.25) is 5.91 Å². The molecule has 3 rings (SSSR count). The van der Waals surface area contributed by atoms with Gasteiger partial charge in [0.05, 0.1) is 21.1 Å². The molecule has 3 aromatic rings. The van der Waals surface area contributed by atoms with Gasteiger partial charge in [-0.25, -0.2) is 0 Å². The Balaban J connectivity index is 2.05. The van der Waals surface area contributed by atoms with E-state index in [2.05, 4.69) is 31.9 Å². The van der Waals surface area contributed by atoms with Crippen molar-refractivity contribution in [2.45, 2.75) is 32.1 Å². The Hall–Kier alpha value is -2.56. The van der Waals surface area contributed by atoms with Crippen LogP contribution in [0.25, 0.3) is 11.0 Å². The predicted molar refractivity (Wildman–Crippen MR) is 129 cm³/mol. The van der Waals surface area contributed by atoms with Gasteiger partial charge in [-0.3, -0.25) is 9.59 Å². The lowest BCUT2D eigenvalue weighted by Crippen LogP contribution is -2.10. The number of rotatable bonds is 11. The summed E-state index contributed by atoms with van der Waals surface area (Å²) in [5.74, 6) is -0.357. The summed E-state index contributed by atoms with van der Waals surface area (Å²) in [6, 6.07) is 5.93. The topological polar surface area (TPSA) is 143 Å². The molecule has 0 aliphatic heterocycles. The number of carbonyl (C=O) groups is 2. The number of aryl methyl sites for hydroxylation is 1. The minimum Gasteiger partial charge on any atom is -0.506 e. The first-order valence-electron chi connectivity index (χ1n) is 10.3. The van der Waals surface area contributed by atoms with Gasteiger partial charge in [-0.1, -0.05) is 0 Å². The largest absolute Gasteiger partial charge is 0.506 e. The van der Waals surface area contributed by atoms with E-state index in [9.17, 15) is 19.8 Å². The standard InChI is InChI=1S/C23H23Br2NO7/c24-14-8-12(9-15(25)23(14)31)22(30)21-13-10-16(28)19(32-7-3-6-27)11-18(13)33-17(21)4-1-2-5-20(26)29/h8-11,27-28,31H,1-7H2,(H2,26,29). The van der Waals surface area contributed by atoms with Crippen molar-refractivity contribution in [1.29, 1.82) is 0 Å². The molecule has 1 heterocycles. The number of hydrogen-bond donors (Lipinski definition) is 4. The Morgan fingerprint density at radius 1 is 1.03 bits per heavy atom. The average Bonchev–Trinajstić information content (AvgIpc) is 3.11. The van der Waals surface area contributed by atoms with Crippen molar-refractivity contribution >= 4 is 54.5 Å². The van der Waals surface area contributed by atoms with E-state index in [1.807, 2.05) is 0 Å². The number of phenolic OH excluding ortho intramolecular Hbond substituents is 2. The van der Waals surface area contributed by atoms with Gasteiger partial charge >= 0.3 is 0 Å². The number of aromatic hydroxyl groups is 2. The van der Waals surface area contributed by atoms with Crippen LogP contribution in [0.1, 0.15) is 47.4 Å². The van der Waals surface area contributed by atoms with Gasteiger partial charge in [0.1, 0.15) is 17.1 Å². The summed E-state index contributed by atoms with van der Waals surface area (Å²) < 4.78 is 12.2. The van der Waals surface area contributed by atoms with E-state index in [1.54, 1.807) is 0 Å². The maximum atomic E-state index is 13.5. The van der Waals surface area contributed by atoms with E-state index in [-0.39, 0.29) is 48.2 Å². The highest BCUT2D eigenvalue weighted by Crippen LogP contribution is 2.39. The normalized spacial score (nSPS) is 11.1. The molecule has 8 nitrogen and oxygen atoms in total. The summed E-state index contributed by atoms with van der Waals surface area (Å²) >= 11 is 6.48. The molecule has 2 aromatic carbocycles. The van der Waals surface area contributed by atoms with E-state index in [0.29, 0.717) is 56.9 Å². The number of amides is 1. The minimum absolute atomic E-state index is 0.0300. The van der Waals surface area contributed by atoms with Gasteiger partial charge < -0.3 is 30.2 Å². The molecule has 0 aliphatic rings. The molecule has 0 saturated heterocycles. The van der Waals surface area contributed by atoms with Crippen LogP contribution in [0.5, 0.6) is 17.2 Å². The first-order chi connectivity index (χ1) is 15.7. The maximum absolute atomic E-state index is 13.5. The van der Waals surface area contributed by atoms with Crippen LogP contribution in [0.4, 0.5) is 0 Å². The molecule has 5 N–H and O–H groups in total. The molecule has 1 aromatic heterocycles. The molecule has 33 heavy (non-hydrogen) atoms. The van der Waals surface area contributed by atoms with Crippen molar-refractivity contribution < 1.29 is 34.1 Å². The van der Waals surface area contributed by atoms with Gasteiger partial charge in [0, 0.05) is 42.9 Å². The van der Waals surface area contributed by atoms with Crippen LogP contribution in [-0.2, 0) is 11.2 Å². The van der Waals surface area contributed by atoms with Crippen molar-refractivity contribution in [3.63, 3.8) is 0 Å². The number of phenols is 2. The number of halogens is 2. The van der Waals surface area contributed by atoms with E-state index < -0.39 is 5.91 Å². The van der Waals surface area contributed by atoms with Crippen molar-refractivity contribution in [2.75, 3.05) is 13.2 Å². The number of ether oxygens (including phenoxy) is 1. The van der Waals surface area contributed by atoms with Gasteiger partial charge in [0.15, 0.2) is 17.3 Å². The zero-order chi connectivity index (χ0) is 24.1. The molecule has 0 bridgehead atoms. The third kappa shape index (κ3) is 5.87. The summed E-state index contributed by atoms with van der Waals surface area (Å²) in [6.07, 6.45) is 2.11. The summed E-state index contributed by atoms with van der Waals surface area (Å²) in [5.41, 5.74) is 6.15. The SMILES string of the molecule is NC(=O)CCCCc1oc2cc(OCCCO)c(O)cc2c1C(=O)c1cc(Br)c(O)c(Br)c1. The van der Waals surface area contributed by atoms with Crippen LogP contribution >= 0.6 is 31.9 Å². The van der Waals surface area contributed by atoms with Gasteiger partial charge in [-0.2, -0.15) is 0 Å². The quantitative estimate of drug-likeness (QED) is 0.191. The maximum Gasteiger partial charge on any atom is 0.217 e. The summed E-state index contributed by atoms with van der Waals surface area (Å²) in [5, 5.41) is 29.8. The molecule has 1 amide bonds. The first-order valence-corrected chi connectivity index (χ1v) is 11.8. The van der Waals surface area contributed by atoms with Gasteiger partial charge in [-0.15, -0.1) is 0 Å². The van der Waals surface area contributed by atoms with Crippen molar-refractivity contribution in [2.24, 2.45) is 5.73 Å². The molecule has 0 saturated carbocycles. The Morgan fingerprint density at radius 2 is 1.73 bits per heavy atom. The summed E-state index contributed by atoms with van der Waals surface area (Å²) in [6.45, 7) is 0.160. The van der Waals surface area contributed by atoms with E-state index in [1.165, 1.54) is 24.3 Å². The number of primary amides is 1. The highest BCUT2D eigenvalue weighted by Gasteiger charge is 2.25. The van der Waals surface area contributed by atoms with Crippen LogP contribution in [0.2, 0.25) is 0 Å². The van der Waals surface area contributed by atoms with Crippen molar-refractivity contribution in [3.8, 4) is 17.2 Å². The van der Waals surface area contributed by atoms with Crippen LogP contribution in [-0.4, -0.2) is 40.2 Å². The van der Waals surface area contributed by atoms with Gasteiger partial charge in [0.25, 0.3) is 0 Å². The number of ketones is 1. The van der Waals surface area contributed by atoms with Crippen LogP contribution < -0.4 is 10.5 Å². The van der Waals surface area contributed by atoms with Crippen molar-refractivity contribution in [1.82, 2.24) is 0 Å². The molecule has 0 fully saturated rings. The third-order valence-electron chi connectivity index (χ3n) is 4.99. The number of carbonyl (C=O) groups excluding carboxylic acids is 2. The second kappa shape index (κ2) is 11.0. The molecule has 10 heteroatoms. The fraction of sp³-hybridized carbons (Fsp3) is 0.304. The highest BCUT2D eigenvalue weighted by atomic mass is 79.9. The fourth-order valence-electron chi connectivity index (χ4n) is 3.38. The molecular weight excluding hydrogens is 562 g/mol. The van der Waals surface area contributed by atoms with Crippen LogP contribution in [0, 0.1) is 0 Å². The van der Waals surface area contributed by atoms with E-state index in [0.717, 1.165) is 0 Å². The number of furan rings is 1. The number of unbranched alkanes of at least 4 members (excludes halogenated alkanes) is 1. The molecule has 0 aliphatic carbocycles. The summed E-state index contributed by atoms with van der Waals surface area (Å²) in [7, 11) is 0. The Bertz CT molecular complexity index is 1170. The fourth-order valence-corrected chi connectivity index (χ4v) is 4.56. The zero-order valence-electron chi connectivity index (χ0n) is 17.6. The zero-order valence-corrected chi connectivity index (χ0v) is 20.7. The number of fused-ring (bicyclic) bond motifs is 1. The molecular formula is C23H23Br2NO7. The predicted octanol–water partition coefficient (Wildman–Crippen LogP) is 4.56. The minimum atomic E-state index is -0.399. The van der Waals surface area contributed by atoms with E-state index in [4.69, 9.17) is 20.0 Å². The molecule has 0 atom stereocenters. The lowest BCUT2D eigenvalue weighted by Gasteiger charge is -2.08. The van der Waals surface area contributed by atoms with Gasteiger partial charge in [-0.05, 0) is 62.9 Å². The Morgan fingerprint density at radius 3 is 2.36 bits per heavy atom. The average molecular weight is 585 g/mol. The second-order valence-corrected chi connectivity index (χ2v) is 9.14.